The lowest BCUT2D eigenvalue weighted by molar-refractivity contribution is 0.1000. The molecule has 4 nitrogen and oxygen atoms in total. The fourth-order valence-corrected chi connectivity index (χ4v) is 2.73. The van der Waals surface area contributed by atoms with Gasteiger partial charge in [-0.3, -0.25) is 4.90 Å². The second kappa shape index (κ2) is 6.52. The monoisotopic (exact) mass is 293 g/mol. The number of ether oxygens (including phenoxy) is 1. The first-order valence-electron chi connectivity index (χ1n) is 6.90. The van der Waals surface area contributed by atoms with Gasteiger partial charge in [-0.25, -0.2) is 0 Å². The van der Waals surface area contributed by atoms with E-state index in [1.165, 1.54) is 5.56 Å². The highest BCUT2D eigenvalue weighted by atomic mass is 32.1. The summed E-state index contributed by atoms with van der Waals surface area (Å²) in [6.07, 6.45) is 0. The van der Waals surface area contributed by atoms with Gasteiger partial charge in [-0.1, -0.05) is 18.3 Å². The van der Waals surface area contributed by atoms with Crippen molar-refractivity contribution in [3.63, 3.8) is 0 Å². The Balaban J connectivity index is 2.10. The number of hydrogen-bond donors (Lipinski definition) is 1. The largest absolute Gasteiger partial charge is 0.496 e. The highest BCUT2D eigenvalue weighted by Gasteiger charge is 2.20. The Labute approximate surface area is 126 Å². The molecule has 0 radical (unpaired) electrons. The van der Waals surface area contributed by atoms with Gasteiger partial charge in [-0.15, -0.1) is 0 Å². The van der Waals surface area contributed by atoms with Crippen LogP contribution in [-0.4, -0.2) is 54.6 Å². The molecule has 0 amide bonds. The second-order valence-electron chi connectivity index (χ2n) is 5.46. The van der Waals surface area contributed by atoms with Gasteiger partial charge >= 0.3 is 0 Å². The van der Waals surface area contributed by atoms with E-state index in [-0.39, 0.29) is 0 Å². The molecule has 0 saturated carbocycles. The smallest absolute Gasteiger partial charge is 0.129 e. The summed E-state index contributed by atoms with van der Waals surface area (Å²) < 4.78 is 5.29. The van der Waals surface area contributed by atoms with Crippen LogP contribution in [0.15, 0.2) is 18.2 Å². The molecule has 5 heteroatoms. The van der Waals surface area contributed by atoms with E-state index in [1.54, 1.807) is 7.11 Å². The van der Waals surface area contributed by atoms with Crippen molar-refractivity contribution < 1.29 is 4.74 Å². The predicted octanol–water partition coefficient (Wildman–Crippen LogP) is 1.47. The molecule has 1 aromatic rings. The zero-order chi connectivity index (χ0) is 14.7. The van der Waals surface area contributed by atoms with Crippen LogP contribution >= 0.6 is 12.2 Å². The van der Waals surface area contributed by atoms with Crippen molar-refractivity contribution in [3.8, 4) is 5.75 Å². The third kappa shape index (κ3) is 3.48. The number of likely N-dealkylation sites (N-methyl/N-ethyl adjacent to an activating group) is 1. The number of nitrogens with zero attached hydrogens (tertiary/aromatic N) is 2. The van der Waals surface area contributed by atoms with Crippen molar-refractivity contribution in [2.45, 2.75) is 19.5 Å². The average Bonchev–Trinajstić information content (AvgIpc) is 2.43. The lowest BCUT2D eigenvalue weighted by Gasteiger charge is -2.37. The zero-order valence-electron chi connectivity index (χ0n) is 12.4. The molecule has 1 unspecified atom stereocenters. The van der Waals surface area contributed by atoms with Crippen molar-refractivity contribution in [2.24, 2.45) is 5.73 Å². The normalized spacial score (nSPS) is 20.9. The maximum atomic E-state index is 5.76. The topological polar surface area (TPSA) is 41.7 Å². The van der Waals surface area contributed by atoms with Crippen molar-refractivity contribution in [1.29, 1.82) is 0 Å². The molecule has 110 valence electrons. The van der Waals surface area contributed by atoms with E-state index in [0.717, 1.165) is 37.5 Å². The Kier molecular flexibility index (Phi) is 4.96. The highest BCUT2D eigenvalue weighted by Crippen LogP contribution is 2.21. The van der Waals surface area contributed by atoms with Crippen LogP contribution in [0.1, 0.15) is 18.1 Å². The minimum absolute atomic E-state index is 0.385. The summed E-state index contributed by atoms with van der Waals surface area (Å²) in [7, 11) is 3.82. The van der Waals surface area contributed by atoms with Gasteiger partial charge in [0.05, 0.1) is 12.7 Å². The summed E-state index contributed by atoms with van der Waals surface area (Å²) in [5.74, 6) is 0.744. The van der Waals surface area contributed by atoms with Gasteiger partial charge in [-0.2, -0.15) is 0 Å². The molecule has 1 aliphatic heterocycles. The average molecular weight is 293 g/mol. The van der Waals surface area contributed by atoms with E-state index in [0.29, 0.717) is 11.0 Å². The maximum Gasteiger partial charge on any atom is 0.129 e. The molecular formula is C15H23N3OS. The van der Waals surface area contributed by atoms with Crippen molar-refractivity contribution in [1.82, 2.24) is 9.80 Å². The molecule has 1 aromatic carbocycles. The standard InChI is InChI=1S/C15H23N3OS/c1-11-9-18(7-6-17(11)2)10-12-4-5-14(19-3)13(8-12)15(16)20/h4-5,8,11H,6-7,9-10H2,1-3H3,(H2,16,20). The molecule has 0 spiro atoms. The van der Waals surface area contributed by atoms with Crippen molar-refractivity contribution in [2.75, 3.05) is 33.8 Å². The number of nitrogens with two attached hydrogens (primary N) is 1. The first-order valence-corrected chi connectivity index (χ1v) is 7.31. The molecule has 1 heterocycles. The molecule has 0 aliphatic carbocycles. The van der Waals surface area contributed by atoms with E-state index >= 15 is 0 Å². The summed E-state index contributed by atoms with van der Waals surface area (Å²) in [6.45, 7) is 6.48. The van der Waals surface area contributed by atoms with Crippen LogP contribution in [0, 0.1) is 0 Å². The van der Waals surface area contributed by atoms with E-state index in [4.69, 9.17) is 22.7 Å². The van der Waals surface area contributed by atoms with Gasteiger partial charge in [0.1, 0.15) is 10.7 Å². The summed E-state index contributed by atoms with van der Waals surface area (Å²) in [5, 5.41) is 0. The Morgan fingerprint density at radius 1 is 1.45 bits per heavy atom. The third-order valence-corrected chi connectivity index (χ3v) is 4.20. The molecule has 1 atom stereocenters. The van der Waals surface area contributed by atoms with Crippen LogP contribution in [0.25, 0.3) is 0 Å². The minimum Gasteiger partial charge on any atom is -0.496 e. The molecule has 1 fully saturated rings. The van der Waals surface area contributed by atoms with Crippen LogP contribution in [-0.2, 0) is 6.54 Å². The first kappa shape index (κ1) is 15.2. The summed E-state index contributed by atoms with van der Waals surface area (Å²) in [4.78, 5) is 5.25. The Morgan fingerprint density at radius 2 is 2.20 bits per heavy atom. The molecule has 2 N–H and O–H groups in total. The maximum absolute atomic E-state index is 5.76. The van der Waals surface area contributed by atoms with Crippen molar-refractivity contribution >= 4 is 17.2 Å². The highest BCUT2D eigenvalue weighted by molar-refractivity contribution is 7.80. The van der Waals surface area contributed by atoms with Crippen LogP contribution in [0.4, 0.5) is 0 Å². The summed E-state index contributed by atoms with van der Waals surface area (Å²) in [6, 6.07) is 6.67. The third-order valence-electron chi connectivity index (χ3n) is 3.98. The quantitative estimate of drug-likeness (QED) is 0.851. The van der Waals surface area contributed by atoms with Gasteiger partial charge in [0.15, 0.2) is 0 Å². The van der Waals surface area contributed by atoms with Gasteiger partial charge in [0.25, 0.3) is 0 Å². The van der Waals surface area contributed by atoms with Crippen LogP contribution in [0.2, 0.25) is 0 Å². The molecular weight excluding hydrogens is 270 g/mol. The predicted molar refractivity (Wildman–Crippen MR) is 86.3 cm³/mol. The summed E-state index contributed by atoms with van der Waals surface area (Å²) in [5.41, 5.74) is 7.81. The fourth-order valence-electron chi connectivity index (χ4n) is 2.57. The molecule has 1 aliphatic rings. The van der Waals surface area contributed by atoms with Gasteiger partial charge < -0.3 is 15.4 Å². The van der Waals surface area contributed by atoms with Crippen LogP contribution in [0.5, 0.6) is 5.75 Å². The van der Waals surface area contributed by atoms with E-state index < -0.39 is 0 Å². The first-order chi connectivity index (χ1) is 9.51. The van der Waals surface area contributed by atoms with Crippen molar-refractivity contribution in [3.05, 3.63) is 29.3 Å². The Hall–Kier alpha value is -1.17. The van der Waals surface area contributed by atoms with Gasteiger partial charge in [-0.05, 0) is 31.7 Å². The van der Waals surface area contributed by atoms with E-state index in [2.05, 4.69) is 29.8 Å². The molecule has 2 rings (SSSR count). The lowest BCUT2D eigenvalue weighted by atomic mass is 10.1. The molecule has 1 saturated heterocycles. The number of piperazine rings is 1. The summed E-state index contributed by atoms with van der Waals surface area (Å²) >= 11 is 5.09. The molecule has 0 aromatic heterocycles. The Bertz CT molecular complexity index is 492. The van der Waals surface area contributed by atoms with Gasteiger partial charge in [0, 0.05) is 32.2 Å². The van der Waals surface area contributed by atoms with E-state index in [1.807, 2.05) is 12.1 Å². The number of thiocarbonyl (C=S) groups is 1. The van der Waals surface area contributed by atoms with Crippen LogP contribution in [0.3, 0.4) is 0 Å². The minimum atomic E-state index is 0.385. The number of benzene rings is 1. The molecule has 20 heavy (non-hydrogen) atoms. The molecule has 0 bridgehead atoms. The van der Waals surface area contributed by atoms with E-state index in [9.17, 15) is 0 Å². The van der Waals surface area contributed by atoms with Crippen LogP contribution < -0.4 is 10.5 Å². The zero-order valence-corrected chi connectivity index (χ0v) is 13.2. The number of hydrogen-bond acceptors (Lipinski definition) is 4. The number of rotatable bonds is 4. The number of methoxy groups -OCH3 is 1. The lowest BCUT2D eigenvalue weighted by Crippen LogP contribution is -2.49. The van der Waals surface area contributed by atoms with Gasteiger partial charge in [0.2, 0.25) is 0 Å². The Morgan fingerprint density at radius 3 is 2.80 bits per heavy atom. The SMILES string of the molecule is COc1ccc(CN2CCN(C)C(C)C2)cc1C(N)=S. The fraction of sp³-hybridized carbons (Fsp3) is 0.533. The second-order valence-corrected chi connectivity index (χ2v) is 5.90.